The van der Waals surface area contributed by atoms with Crippen molar-refractivity contribution in [3.63, 3.8) is 0 Å². The maximum atomic E-state index is 5.49. The van der Waals surface area contributed by atoms with E-state index in [1.165, 1.54) is 10.9 Å². The second-order valence-electron chi connectivity index (χ2n) is 5.68. The number of rotatable bonds is 5. The van der Waals surface area contributed by atoms with Crippen molar-refractivity contribution in [2.45, 2.75) is 0 Å². The van der Waals surface area contributed by atoms with Crippen LogP contribution in [0.4, 0.5) is 0 Å². The average Bonchev–Trinajstić information content (AvgIpc) is 2.67. The van der Waals surface area contributed by atoms with Gasteiger partial charge in [-0.15, -0.1) is 0 Å². The third kappa shape index (κ3) is 3.93. The second-order valence-corrected chi connectivity index (χ2v) is 5.68. The lowest BCUT2D eigenvalue weighted by molar-refractivity contribution is -0.644. The molecule has 0 aliphatic carbocycles. The van der Waals surface area contributed by atoms with Crippen molar-refractivity contribution in [2.24, 2.45) is 7.05 Å². The first kappa shape index (κ1) is 20.0. The van der Waals surface area contributed by atoms with Crippen molar-refractivity contribution in [1.29, 1.82) is 0 Å². The maximum Gasteiger partial charge on any atom is 0.212 e. The summed E-state index contributed by atoms with van der Waals surface area (Å²) in [6.07, 6.45) is 6.18. The van der Waals surface area contributed by atoms with Gasteiger partial charge in [0.25, 0.3) is 0 Å². The number of aromatic nitrogens is 1. The van der Waals surface area contributed by atoms with Gasteiger partial charge in [-0.3, -0.25) is 0 Å². The maximum absolute atomic E-state index is 5.49. The third-order valence-corrected chi connectivity index (χ3v) is 4.25. The van der Waals surface area contributed by atoms with E-state index in [-0.39, 0.29) is 24.0 Å². The van der Waals surface area contributed by atoms with E-state index < -0.39 is 0 Å². The van der Waals surface area contributed by atoms with Crippen LogP contribution in [0.5, 0.6) is 17.2 Å². The predicted molar refractivity (Wildman–Crippen MR) is 100 cm³/mol. The number of benzene rings is 2. The Morgan fingerprint density at radius 2 is 1.38 bits per heavy atom. The van der Waals surface area contributed by atoms with E-state index in [1.807, 2.05) is 31.3 Å². The highest BCUT2D eigenvalue weighted by Gasteiger charge is 2.11. The van der Waals surface area contributed by atoms with Crippen molar-refractivity contribution >= 4 is 23.1 Å². The fourth-order valence-corrected chi connectivity index (χ4v) is 2.90. The van der Waals surface area contributed by atoms with Crippen molar-refractivity contribution in [2.75, 3.05) is 21.3 Å². The number of nitrogens with zero attached hydrogens (tertiary/aromatic N) is 1. The van der Waals surface area contributed by atoms with E-state index in [0.717, 1.165) is 16.9 Å². The summed E-state index contributed by atoms with van der Waals surface area (Å²) in [5, 5.41) is 1.20. The molecule has 0 bridgehead atoms. The Hall–Kier alpha value is -2.28. The molecule has 3 aromatic rings. The number of halogens is 1. The molecule has 3 rings (SSSR count). The Labute approximate surface area is 171 Å². The molecule has 0 saturated heterocycles. The molecule has 0 N–H and O–H groups in total. The number of fused-ring (bicyclic) bond motifs is 1. The van der Waals surface area contributed by atoms with Gasteiger partial charge in [0.15, 0.2) is 17.7 Å². The van der Waals surface area contributed by atoms with Gasteiger partial charge in [-0.05, 0) is 17.7 Å². The van der Waals surface area contributed by atoms with Crippen LogP contribution >= 0.6 is 0 Å². The van der Waals surface area contributed by atoms with Gasteiger partial charge >= 0.3 is 0 Å². The number of hydrogen-bond acceptors (Lipinski definition) is 3. The van der Waals surface area contributed by atoms with Crippen LogP contribution in [-0.4, -0.2) is 21.3 Å². The molecule has 2 aromatic carbocycles. The Balaban J connectivity index is 0.00000243. The highest BCUT2D eigenvalue weighted by Crippen LogP contribution is 2.35. The smallest absolute Gasteiger partial charge is 0.212 e. The van der Waals surface area contributed by atoms with Gasteiger partial charge in [0.1, 0.15) is 12.8 Å². The summed E-state index contributed by atoms with van der Waals surface area (Å²) < 4.78 is 18.3. The molecular formula is C21H22INO3. The fraction of sp³-hybridized carbons (Fsp3) is 0.190. The number of pyridine rings is 1. The minimum atomic E-state index is 0. The molecule has 1 heterocycles. The summed E-state index contributed by atoms with van der Waals surface area (Å²) in [4.78, 5) is 0. The highest BCUT2D eigenvalue weighted by atomic mass is 127. The van der Waals surface area contributed by atoms with Crippen LogP contribution < -0.4 is 42.8 Å². The molecule has 0 radical (unpaired) electrons. The minimum absolute atomic E-state index is 0. The van der Waals surface area contributed by atoms with Crippen LogP contribution in [0.3, 0.4) is 0 Å². The second kappa shape index (κ2) is 8.89. The van der Waals surface area contributed by atoms with E-state index in [0.29, 0.717) is 11.5 Å². The normalized spacial score (nSPS) is 10.6. The SMILES string of the molecule is COc1cc(OC)c(OC)cc1C=Cc1cc[n+](C)c2ccccc12.[I-]. The van der Waals surface area contributed by atoms with E-state index in [4.69, 9.17) is 14.2 Å². The summed E-state index contributed by atoms with van der Waals surface area (Å²) in [5.74, 6) is 2.06. The zero-order valence-corrected chi connectivity index (χ0v) is 17.5. The number of para-hydroxylation sites is 1. The molecule has 0 aliphatic rings. The lowest BCUT2D eigenvalue weighted by Gasteiger charge is -2.12. The molecule has 0 saturated carbocycles. The van der Waals surface area contributed by atoms with E-state index >= 15 is 0 Å². The number of aryl methyl sites for hydroxylation is 1. The number of ether oxygens (including phenoxy) is 3. The Bertz CT molecular complexity index is 938. The molecule has 0 spiro atoms. The molecule has 26 heavy (non-hydrogen) atoms. The van der Waals surface area contributed by atoms with Gasteiger partial charge in [-0.25, -0.2) is 4.57 Å². The minimum Gasteiger partial charge on any atom is -1.00 e. The first-order valence-corrected chi connectivity index (χ1v) is 8.03. The lowest BCUT2D eigenvalue weighted by Crippen LogP contribution is -3.00. The van der Waals surface area contributed by atoms with E-state index in [9.17, 15) is 0 Å². The number of hydrogen-bond donors (Lipinski definition) is 0. The van der Waals surface area contributed by atoms with Crippen molar-refractivity contribution in [3.8, 4) is 17.2 Å². The van der Waals surface area contributed by atoms with E-state index in [2.05, 4.69) is 41.1 Å². The van der Waals surface area contributed by atoms with Gasteiger partial charge in [0.2, 0.25) is 5.52 Å². The summed E-state index contributed by atoms with van der Waals surface area (Å²) in [6.45, 7) is 0. The Morgan fingerprint density at radius 3 is 2.08 bits per heavy atom. The van der Waals surface area contributed by atoms with E-state index in [1.54, 1.807) is 21.3 Å². The zero-order chi connectivity index (χ0) is 17.8. The third-order valence-electron chi connectivity index (χ3n) is 4.25. The first-order chi connectivity index (χ1) is 12.2. The monoisotopic (exact) mass is 463 g/mol. The predicted octanol–water partition coefficient (Wildman–Crippen LogP) is 0.864. The standard InChI is InChI=1S/C21H22NO3.HI/c1-22-12-11-15(17-7-5-6-8-18(17)22)9-10-16-13-20(24-3)21(25-4)14-19(16)23-2;/h5-14H,1-4H3;1H/q+1;/p-1. The van der Waals surface area contributed by atoms with Crippen LogP contribution in [-0.2, 0) is 7.05 Å². The van der Waals surface area contributed by atoms with Crippen molar-refractivity contribution in [1.82, 2.24) is 0 Å². The molecule has 0 fully saturated rings. The van der Waals surface area contributed by atoms with Crippen LogP contribution in [0.15, 0.2) is 48.7 Å². The van der Waals surface area contributed by atoms with Crippen LogP contribution in [0.1, 0.15) is 11.1 Å². The molecule has 0 amide bonds. The molecule has 1 aromatic heterocycles. The van der Waals surface area contributed by atoms with Crippen molar-refractivity contribution < 1.29 is 42.8 Å². The molecular weight excluding hydrogens is 441 g/mol. The summed E-state index contributed by atoms with van der Waals surface area (Å²) >= 11 is 0. The quantitative estimate of drug-likeness (QED) is 0.416. The number of methoxy groups -OCH3 is 3. The summed E-state index contributed by atoms with van der Waals surface area (Å²) in [7, 11) is 6.94. The van der Waals surface area contributed by atoms with Gasteiger partial charge in [0.05, 0.1) is 26.7 Å². The van der Waals surface area contributed by atoms with Gasteiger partial charge < -0.3 is 38.2 Å². The molecule has 136 valence electrons. The average molecular weight is 463 g/mol. The molecule has 5 heteroatoms. The largest absolute Gasteiger partial charge is 1.00 e. The lowest BCUT2D eigenvalue weighted by atomic mass is 10.1. The van der Waals surface area contributed by atoms with Gasteiger partial charge in [-0.1, -0.05) is 24.3 Å². The summed E-state index contributed by atoms with van der Waals surface area (Å²) in [6, 6.07) is 14.2. The van der Waals surface area contributed by atoms with Gasteiger partial charge in [-0.2, -0.15) is 0 Å². The topological polar surface area (TPSA) is 31.6 Å². The molecule has 0 atom stereocenters. The Morgan fingerprint density at radius 1 is 0.769 bits per heavy atom. The molecule has 0 aliphatic heterocycles. The molecule has 4 nitrogen and oxygen atoms in total. The van der Waals surface area contributed by atoms with Crippen LogP contribution in [0, 0.1) is 0 Å². The van der Waals surface area contributed by atoms with Crippen LogP contribution in [0.2, 0.25) is 0 Å². The zero-order valence-electron chi connectivity index (χ0n) is 15.3. The van der Waals surface area contributed by atoms with Gasteiger partial charge in [0, 0.05) is 23.8 Å². The summed E-state index contributed by atoms with van der Waals surface area (Å²) in [5.41, 5.74) is 3.26. The highest BCUT2D eigenvalue weighted by molar-refractivity contribution is 5.89. The molecule has 0 unspecified atom stereocenters. The van der Waals surface area contributed by atoms with Crippen LogP contribution in [0.25, 0.3) is 23.1 Å². The van der Waals surface area contributed by atoms with Crippen molar-refractivity contribution in [3.05, 3.63) is 59.8 Å². The first-order valence-electron chi connectivity index (χ1n) is 8.03. The Kier molecular flexibility index (Phi) is 6.85. The fourth-order valence-electron chi connectivity index (χ4n) is 2.90.